The van der Waals surface area contributed by atoms with Gasteiger partial charge in [0.2, 0.25) is 15.0 Å². The van der Waals surface area contributed by atoms with Crippen molar-refractivity contribution in [2.45, 2.75) is 17.1 Å². The molecule has 0 N–H and O–H groups in total. The van der Waals surface area contributed by atoms with Gasteiger partial charge in [0.05, 0.1) is 17.0 Å². The van der Waals surface area contributed by atoms with Gasteiger partial charge in [-0.2, -0.15) is 13.2 Å². The molecule has 1 heterocycles. The molecule has 136 valence electrons. The van der Waals surface area contributed by atoms with Crippen LogP contribution in [0.2, 0.25) is 0 Å². The molecule has 1 aromatic heterocycles. The van der Waals surface area contributed by atoms with E-state index < -0.39 is 33.1 Å². The van der Waals surface area contributed by atoms with E-state index in [0.717, 1.165) is 24.3 Å². The van der Waals surface area contributed by atoms with E-state index in [1.807, 2.05) is 0 Å². The van der Waals surface area contributed by atoms with Gasteiger partial charge in [-0.25, -0.2) is 17.8 Å². The third-order valence-electron chi connectivity index (χ3n) is 3.58. The molecule has 0 aliphatic heterocycles. The summed E-state index contributed by atoms with van der Waals surface area (Å²) in [6.45, 7) is 0. The zero-order valence-electron chi connectivity index (χ0n) is 13.1. The van der Waals surface area contributed by atoms with E-state index in [0.29, 0.717) is 0 Å². The molecule has 0 aliphatic carbocycles. The van der Waals surface area contributed by atoms with Crippen LogP contribution in [0, 0.1) is 5.82 Å². The summed E-state index contributed by atoms with van der Waals surface area (Å²) in [6.07, 6.45) is -2.00. The van der Waals surface area contributed by atoms with Gasteiger partial charge in [-0.3, -0.25) is 4.57 Å². The summed E-state index contributed by atoms with van der Waals surface area (Å²) in [5.74, 6) is -1.22. The van der Waals surface area contributed by atoms with Gasteiger partial charge in [0.1, 0.15) is 5.82 Å². The molecule has 0 bridgehead atoms. The van der Waals surface area contributed by atoms with Gasteiger partial charge in [-0.1, -0.05) is 24.3 Å². The van der Waals surface area contributed by atoms with Crippen molar-refractivity contribution in [3.8, 4) is 5.69 Å². The Labute approximate surface area is 146 Å². The molecule has 26 heavy (non-hydrogen) atoms. The summed E-state index contributed by atoms with van der Waals surface area (Å²) in [4.78, 5) is 3.79. The van der Waals surface area contributed by atoms with E-state index in [4.69, 9.17) is 0 Å². The fourth-order valence-electron chi connectivity index (χ4n) is 2.46. The molecular weight excluding hydrogens is 372 g/mol. The highest BCUT2D eigenvalue weighted by atomic mass is 32.2. The molecule has 3 aromatic rings. The average Bonchev–Trinajstić information content (AvgIpc) is 3.04. The van der Waals surface area contributed by atoms with Crippen LogP contribution in [0.1, 0.15) is 11.1 Å². The molecule has 0 aliphatic rings. The monoisotopic (exact) mass is 384 g/mol. The second-order valence-corrected chi connectivity index (χ2v) is 7.40. The van der Waals surface area contributed by atoms with Crippen LogP contribution in [0.15, 0.2) is 66.1 Å². The van der Waals surface area contributed by atoms with Crippen molar-refractivity contribution in [1.82, 2.24) is 9.55 Å². The van der Waals surface area contributed by atoms with E-state index >= 15 is 0 Å². The molecule has 9 heteroatoms. The number of aromatic nitrogens is 2. The maximum atomic E-state index is 13.4. The van der Waals surface area contributed by atoms with Crippen LogP contribution < -0.4 is 0 Å². The molecule has 0 saturated carbocycles. The van der Waals surface area contributed by atoms with Crippen molar-refractivity contribution < 1.29 is 26.0 Å². The molecule has 4 nitrogen and oxygen atoms in total. The zero-order chi connectivity index (χ0) is 18.9. The molecule has 0 radical (unpaired) electrons. The maximum Gasteiger partial charge on any atom is 0.416 e. The molecule has 0 spiro atoms. The van der Waals surface area contributed by atoms with E-state index in [1.165, 1.54) is 41.2 Å². The molecule has 0 saturated heterocycles. The summed E-state index contributed by atoms with van der Waals surface area (Å²) < 4.78 is 78.3. The Hall–Kier alpha value is -2.68. The van der Waals surface area contributed by atoms with Crippen LogP contribution in [0.5, 0.6) is 0 Å². The Balaban J connectivity index is 1.97. The number of nitrogens with zero attached hydrogens (tertiary/aromatic N) is 2. The third-order valence-corrected chi connectivity index (χ3v) is 5.15. The number of alkyl halides is 3. The number of halogens is 4. The van der Waals surface area contributed by atoms with Crippen molar-refractivity contribution in [3.05, 3.63) is 77.9 Å². The number of imidazole rings is 1. The first-order valence-electron chi connectivity index (χ1n) is 7.35. The first-order chi connectivity index (χ1) is 12.2. The largest absolute Gasteiger partial charge is 0.416 e. The second-order valence-electron chi connectivity index (χ2n) is 5.52. The summed E-state index contributed by atoms with van der Waals surface area (Å²) >= 11 is 0. The number of benzene rings is 2. The predicted molar refractivity (Wildman–Crippen MR) is 85.9 cm³/mol. The topological polar surface area (TPSA) is 52.0 Å². The summed E-state index contributed by atoms with van der Waals surface area (Å²) in [7, 11) is -4.06. The Morgan fingerprint density at radius 1 is 1.04 bits per heavy atom. The Morgan fingerprint density at radius 3 is 2.46 bits per heavy atom. The lowest BCUT2D eigenvalue weighted by Crippen LogP contribution is -2.13. The first-order valence-corrected chi connectivity index (χ1v) is 9.00. The Bertz CT molecular complexity index is 1040. The van der Waals surface area contributed by atoms with Gasteiger partial charge in [0, 0.05) is 12.4 Å². The lowest BCUT2D eigenvalue weighted by atomic mass is 10.1. The lowest BCUT2D eigenvalue weighted by molar-refractivity contribution is -0.137. The van der Waals surface area contributed by atoms with Crippen LogP contribution >= 0.6 is 0 Å². The molecule has 3 rings (SSSR count). The summed E-state index contributed by atoms with van der Waals surface area (Å²) in [6, 6.07) is 9.33. The second kappa shape index (κ2) is 6.56. The predicted octanol–water partition coefficient (Wildman–Crippen LogP) is 4.00. The minimum absolute atomic E-state index is 0.0198. The van der Waals surface area contributed by atoms with E-state index in [2.05, 4.69) is 4.98 Å². The van der Waals surface area contributed by atoms with Crippen LogP contribution in [-0.2, 0) is 21.8 Å². The number of hydrogen-bond acceptors (Lipinski definition) is 3. The highest BCUT2D eigenvalue weighted by Gasteiger charge is 2.31. The zero-order valence-corrected chi connectivity index (χ0v) is 13.9. The number of rotatable bonds is 4. The fraction of sp³-hybridized carbons (Fsp3) is 0.118. The molecular formula is C17H12F4N2O2S. The van der Waals surface area contributed by atoms with Gasteiger partial charge in [-0.15, -0.1) is 0 Å². The van der Waals surface area contributed by atoms with Crippen LogP contribution in [0.25, 0.3) is 5.69 Å². The number of hydrogen-bond donors (Lipinski definition) is 0. The van der Waals surface area contributed by atoms with Crippen molar-refractivity contribution in [3.63, 3.8) is 0 Å². The van der Waals surface area contributed by atoms with Gasteiger partial charge in [0.15, 0.2) is 0 Å². The Kier molecular flexibility index (Phi) is 4.57. The maximum absolute atomic E-state index is 13.4. The average molecular weight is 384 g/mol. The normalized spacial score (nSPS) is 12.3. The van der Waals surface area contributed by atoms with Crippen molar-refractivity contribution >= 4 is 9.84 Å². The van der Waals surface area contributed by atoms with Gasteiger partial charge in [-0.05, 0) is 29.8 Å². The van der Waals surface area contributed by atoms with E-state index in [1.54, 1.807) is 0 Å². The van der Waals surface area contributed by atoms with Crippen molar-refractivity contribution in [1.29, 1.82) is 0 Å². The van der Waals surface area contributed by atoms with Crippen LogP contribution in [0.4, 0.5) is 17.6 Å². The van der Waals surface area contributed by atoms with Crippen LogP contribution in [0.3, 0.4) is 0 Å². The van der Waals surface area contributed by atoms with Gasteiger partial charge in [0.25, 0.3) is 0 Å². The highest BCUT2D eigenvalue weighted by molar-refractivity contribution is 7.90. The van der Waals surface area contributed by atoms with E-state index in [9.17, 15) is 26.0 Å². The summed E-state index contributed by atoms with van der Waals surface area (Å²) in [5, 5.41) is -0.375. The molecule has 0 atom stereocenters. The highest BCUT2D eigenvalue weighted by Crippen LogP contribution is 2.30. The minimum Gasteiger partial charge on any atom is -0.291 e. The van der Waals surface area contributed by atoms with Crippen molar-refractivity contribution in [2.24, 2.45) is 0 Å². The molecule has 0 amide bonds. The molecule has 2 aromatic carbocycles. The third kappa shape index (κ3) is 3.77. The Morgan fingerprint density at radius 2 is 1.77 bits per heavy atom. The fourth-order valence-corrected chi connectivity index (χ4v) is 3.90. The van der Waals surface area contributed by atoms with Gasteiger partial charge >= 0.3 is 6.18 Å². The first kappa shape index (κ1) is 18.1. The summed E-state index contributed by atoms with van der Waals surface area (Å²) in [5.41, 5.74) is -0.711. The standard InChI is InChI=1S/C17H12F4N2O2S/c18-14-5-2-6-15(10-14)23-8-7-22-16(23)26(24,25)11-12-3-1-4-13(9-12)17(19,20)21/h1-10H,11H2. The lowest BCUT2D eigenvalue weighted by Gasteiger charge is -2.11. The SMILES string of the molecule is O=S(=O)(Cc1cccc(C(F)(F)F)c1)c1nccn1-c1cccc(F)c1. The van der Waals surface area contributed by atoms with Crippen molar-refractivity contribution in [2.75, 3.05) is 0 Å². The minimum atomic E-state index is -4.57. The molecule has 0 unspecified atom stereocenters. The van der Waals surface area contributed by atoms with Gasteiger partial charge < -0.3 is 0 Å². The van der Waals surface area contributed by atoms with E-state index in [-0.39, 0.29) is 16.4 Å². The number of sulfone groups is 1. The quantitative estimate of drug-likeness (QED) is 0.639. The molecule has 0 fully saturated rings. The smallest absolute Gasteiger partial charge is 0.291 e. The van der Waals surface area contributed by atoms with Crippen LogP contribution in [-0.4, -0.2) is 18.0 Å².